The van der Waals surface area contributed by atoms with Gasteiger partial charge in [-0.3, -0.25) is 9.69 Å². The van der Waals surface area contributed by atoms with E-state index in [1.165, 1.54) is 0 Å². The number of thiocarbonyl (C=S) groups is 1. The highest BCUT2D eigenvalue weighted by atomic mass is 32.1. The molecule has 0 unspecified atom stereocenters. The fraction of sp³-hybridized carbons (Fsp3) is 0.429. The molecule has 0 fully saturated rings. The van der Waals surface area contributed by atoms with Crippen molar-refractivity contribution >= 4 is 23.1 Å². The van der Waals surface area contributed by atoms with Crippen molar-refractivity contribution in [1.82, 2.24) is 10.2 Å². The van der Waals surface area contributed by atoms with Crippen LogP contribution in [0.1, 0.15) is 12.0 Å². The fourth-order valence-corrected chi connectivity index (χ4v) is 1.88. The largest absolute Gasteiger partial charge is 0.493 e. The topological polar surface area (TPSA) is 67.6 Å². The third kappa shape index (κ3) is 5.54. The lowest BCUT2D eigenvalue weighted by Crippen LogP contribution is -2.33. The van der Waals surface area contributed by atoms with E-state index in [2.05, 4.69) is 5.32 Å². The van der Waals surface area contributed by atoms with Crippen molar-refractivity contribution in [2.75, 3.05) is 33.8 Å². The zero-order valence-corrected chi connectivity index (χ0v) is 12.7. The Bertz CT molecular complexity index is 465. The second-order valence-corrected chi connectivity index (χ2v) is 4.91. The zero-order chi connectivity index (χ0) is 15.0. The summed E-state index contributed by atoms with van der Waals surface area (Å²) < 4.78 is 5.69. The van der Waals surface area contributed by atoms with Crippen molar-refractivity contribution in [2.24, 2.45) is 5.73 Å². The summed E-state index contributed by atoms with van der Waals surface area (Å²) in [5.41, 5.74) is 6.39. The minimum absolute atomic E-state index is 0.00671. The van der Waals surface area contributed by atoms with Crippen LogP contribution in [-0.4, -0.2) is 49.6 Å². The molecule has 0 saturated carbocycles. The van der Waals surface area contributed by atoms with Gasteiger partial charge in [0.25, 0.3) is 0 Å². The second-order valence-electron chi connectivity index (χ2n) is 4.47. The fourth-order valence-electron chi connectivity index (χ4n) is 1.72. The monoisotopic (exact) mass is 295 g/mol. The number of carbonyl (C=O) groups excluding carboxylic acids is 1. The number of nitrogens with zero attached hydrogens (tertiary/aromatic N) is 1. The molecule has 0 aromatic heterocycles. The molecule has 5 nitrogen and oxygen atoms in total. The van der Waals surface area contributed by atoms with Crippen LogP contribution in [0, 0.1) is 0 Å². The molecule has 20 heavy (non-hydrogen) atoms. The molecular formula is C14H21N3O2S. The Morgan fingerprint density at radius 3 is 2.80 bits per heavy atom. The summed E-state index contributed by atoms with van der Waals surface area (Å²) in [4.78, 5) is 13.5. The summed E-state index contributed by atoms with van der Waals surface area (Å²) in [6, 6.07) is 7.45. The van der Waals surface area contributed by atoms with E-state index in [-0.39, 0.29) is 5.91 Å². The summed E-state index contributed by atoms with van der Waals surface area (Å²) >= 11 is 4.98. The lowest BCUT2D eigenvalue weighted by molar-refractivity contribution is -0.121. The molecule has 0 bridgehead atoms. The number of hydrogen-bond donors (Lipinski definition) is 2. The number of likely N-dealkylation sites (N-methyl/N-ethyl adjacent to an activating group) is 2. The van der Waals surface area contributed by atoms with E-state index in [1.54, 1.807) is 7.05 Å². The lowest BCUT2D eigenvalue weighted by atomic mass is 10.2. The lowest BCUT2D eigenvalue weighted by Gasteiger charge is -2.16. The van der Waals surface area contributed by atoms with Gasteiger partial charge in [-0.15, -0.1) is 0 Å². The molecule has 0 atom stereocenters. The van der Waals surface area contributed by atoms with E-state index in [9.17, 15) is 4.79 Å². The van der Waals surface area contributed by atoms with Crippen LogP contribution >= 0.6 is 12.2 Å². The van der Waals surface area contributed by atoms with Gasteiger partial charge in [0.1, 0.15) is 10.7 Å². The highest BCUT2D eigenvalue weighted by molar-refractivity contribution is 7.80. The predicted octanol–water partition coefficient (Wildman–Crippen LogP) is 0.767. The highest BCUT2D eigenvalue weighted by Gasteiger charge is 2.06. The highest BCUT2D eigenvalue weighted by Crippen LogP contribution is 2.17. The first-order chi connectivity index (χ1) is 9.54. The molecule has 0 aliphatic rings. The molecule has 0 radical (unpaired) electrons. The smallest absolute Gasteiger partial charge is 0.233 e. The molecule has 0 spiro atoms. The Hall–Kier alpha value is -1.66. The van der Waals surface area contributed by atoms with Crippen molar-refractivity contribution in [2.45, 2.75) is 6.42 Å². The number of ether oxygens (including phenoxy) is 1. The second kappa shape index (κ2) is 8.50. The van der Waals surface area contributed by atoms with E-state index in [0.717, 1.165) is 18.5 Å². The van der Waals surface area contributed by atoms with Crippen LogP contribution in [0.15, 0.2) is 24.3 Å². The van der Waals surface area contributed by atoms with Crippen LogP contribution in [0.3, 0.4) is 0 Å². The van der Waals surface area contributed by atoms with Crippen molar-refractivity contribution in [3.63, 3.8) is 0 Å². The maximum absolute atomic E-state index is 11.2. The molecule has 1 aromatic rings. The Kier molecular flexibility index (Phi) is 6.97. The molecule has 0 heterocycles. The molecule has 0 aliphatic heterocycles. The van der Waals surface area contributed by atoms with Gasteiger partial charge < -0.3 is 15.8 Å². The number of rotatable bonds is 8. The maximum Gasteiger partial charge on any atom is 0.233 e. The Morgan fingerprint density at radius 1 is 1.45 bits per heavy atom. The van der Waals surface area contributed by atoms with Crippen molar-refractivity contribution in [3.8, 4) is 5.75 Å². The summed E-state index contributed by atoms with van der Waals surface area (Å²) in [6.45, 7) is 1.72. The van der Waals surface area contributed by atoms with E-state index in [4.69, 9.17) is 22.7 Å². The van der Waals surface area contributed by atoms with Crippen molar-refractivity contribution in [3.05, 3.63) is 29.8 Å². The van der Waals surface area contributed by atoms with E-state index >= 15 is 0 Å². The number of nitrogens with two attached hydrogens (primary N) is 1. The van der Waals surface area contributed by atoms with Crippen molar-refractivity contribution in [1.29, 1.82) is 0 Å². The summed E-state index contributed by atoms with van der Waals surface area (Å²) in [5, 5.41) is 2.59. The van der Waals surface area contributed by atoms with E-state index in [0.29, 0.717) is 23.9 Å². The van der Waals surface area contributed by atoms with Gasteiger partial charge in [-0.05, 0) is 25.6 Å². The normalized spacial score (nSPS) is 10.3. The first-order valence-electron chi connectivity index (χ1n) is 6.45. The number of para-hydroxylation sites is 1. The summed E-state index contributed by atoms with van der Waals surface area (Å²) in [7, 11) is 3.53. The van der Waals surface area contributed by atoms with Gasteiger partial charge in [0.2, 0.25) is 5.91 Å². The first kappa shape index (κ1) is 16.4. The molecule has 0 saturated heterocycles. The Balaban J connectivity index is 2.35. The molecule has 0 aliphatic carbocycles. The van der Waals surface area contributed by atoms with Gasteiger partial charge in [0, 0.05) is 13.6 Å². The van der Waals surface area contributed by atoms with E-state index < -0.39 is 0 Å². The van der Waals surface area contributed by atoms with Gasteiger partial charge in [-0.25, -0.2) is 0 Å². The molecule has 6 heteroatoms. The van der Waals surface area contributed by atoms with Gasteiger partial charge >= 0.3 is 0 Å². The minimum Gasteiger partial charge on any atom is -0.493 e. The average molecular weight is 295 g/mol. The van der Waals surface area contributed by atoms with Crippen LogP contribution in [0.5, 0.6) is 5.75 Å². The first-order valence-corrected chi connectivity index (χ1v) is 6.86. The molecule has 3 N–H and O–H groups in total. The number of hydrogen-bond acceptors (Lipinski definition) is 4. The molecule has 1 rings (SSSR count). The van der Waals surface area contributed by atoms with Crippen LogP contribution < -0.4 is 15.8 Å². The SMILES string of the molecule is CNC(=O)CN(C)CCCOc1ccccc1C(N)=S. The van der Waals surface area contributed by atoms with Gasteiger partial charge in [-0.2, -0.15) is 0 Å². The number of benzene rings is 1. The maximum atomic E-state index is 11.2. The summed E-state index contributed by atoms with van der Waals surface area (Å²) in [5.74, 6) is 0.709. The molecular weight excluding hydrogens is 274 g/mol. The Labute approximate surface area is 125 Å². The van der Waals surface area contributed by atoms with E-state index in [1.807, 2.05) is 36.2 Å². The minimum atomic E-state index is 0.00671. The van der Waals surface area contributed by atoms with Crippen LogP contribution in [0.2, 0.25) is 0 Å². The number of nitrogens with one attached hydrogen (secondary N) is 1. The van der Waals surface area contributed by atoms with Gasteiger partial charge in [0.15, 0.2) is 0 Å². The van der Waals surface area contributed by atoms with Crippen molar-refractivity contribution < 1.29 is 9.53 Å². The van der Waals surface area contributed by atoms with Crippen LogP contribution in [0.25, 0.3) is 0 Å². The Morgan fingerprint density at radius 2 is 2.15 bits per heavy atom. The third-order valence-electron chi connectivity index (χ3n) is 2.79. The molecule has 1 amide bonds. The van der Waals surface area contributed by atoms with Gasteiger partial charge in [-0.1, -0.05) is 24.4 Å². The molecule has 1 aromatic carbocycles. The van der Waals surface area contributed by atoms with Crippen LogP contribution in [0.4, 0.5) is 0 Å². The van der Waals surface area contributed by atoms with Gasteiger partial charge in [0.05, 0.1) is 18.7 Å². The summed E-state index contributed by atoms with van der Waals surface area (Å²) in [6.07, 6.45) is 0.819. The quantitative estimate of drug-likeness (QED) is 0.548. The number of carbonyl (C=O) groups is 1. The average Bonchev–Trinajstić information content (AvgIpc) is 2.43. The molecule has 110 valence electrons. The predicted molar refractivity (Wildman–Crippen MR) is 84.0 cm³/mol. The number of amides is 1. The third-order valence-corrected chi connectivity index (χ3v) is 3.01. The van der Waals surface area contributed by atoms with Crippen LogP contribution in [-0.2, 0) is 4.79 Å². The zero-order valence-electron chi connectivity index (χ0n) is 11.9. The standard InChI is InChI=1S/C14H21N3O2S/c1-16-13(18)10-17(2)8-5-9-19-12-7-4-3-6-11(12)14(15)20/h3-4,6-7H,5,8-10H2,1-2H3,(H2,15,20)(H,16,18).